The molecule has 0 aromatic heterocycles. The predicted molar refractivity (Wildman–Crippen MR) is 74.2 cm³/mol. The lowest BCUT2D eigenvalue weighted by atomic mass is 9.45. The van der Waals surface area contributed by atoms with Gasteiger partial charge in [-0.25, -0.2) is 9.78 Å². The Morgan fingerprint density at radius 1 is 1.29 bits per heavy atom. The van der Waals surface area contributed by atoms with E-state index in [-0.39, 0.29) is 34.8 Å². The van der Waals surface area contributed by atoms with Gasteiger partial charge in [-0.1, -0.05) is 13.8 Å². The average molecular weight is 296 g/mol. The molecule has 2 saturated carbocycles. The maximum atomic E-state index is 12.5. The van der Waals surface area contributed by atoms with Gasteiger partial charge in [0, 0.05) is 18.8 Å². The van der Waals surface area contributed by atoms with Crippen molar-refractivity contribution in [2.75, 3.05) is 0 Å². The van der Waals surface area contributed by atoms with Crippen LogP contribution in [-0.4, -0.2) is 29.6 Å². The molecule has 2 bridgehead atoms. The first-order valence-corrected chi connectivity index (χ1v) is 7.77. The first kappa shape index (κ1) is 15.0. The summed E-state index contributed by atoms with van der Waals surface area (Å²) in [4.78, 5) is 34.9. The smallest absolute Gasteiger partial charge is 0.302 e. The number of carbonyl (C=O) groups excluding carboxylic acids is 2. The molecule has 3 aliphatic rings. The summed E-state index contributed by atoms with van der Waals surface area (Å²) in [5.74, 6) is -0.168. The SMILES string of the molecule is CC(=O)O[C@@H]1CC[C@@]23C[C@@H]1OO[C@@]2(C)C(=O)CCC3(C)C. The highest BCUT2D eigenvalue weighted by Crippen LogP contribution is 2.64. The van der Waals surface area contributed by atoms with Crippen molar-refractivity contribution in [3.8, 4) is 0 Å². The van der Waals surface area contributed by atoms with Crippen LogP contribution in [0.5, 0.6) is 0 Å². The van der Waals surface area contributed by atoms with Crippen molar-refractivity contribution >= 4 is 11.8 Å². The van der Waals surface area contributed by atoms with E-state index in [2.05, 4.69) is 13.8 Å². The van der Waals surface area contributed by atoms with Crippen molar-refractivity contribution in [2.24, 2.45) is 10.8 Å². The number of fused-ring (bicyclic) bond motifs is 1. The van der Waals surface area contributed by atoms with E-state index < -0.39 is 5.60 Å². The number of ketones is 1. The van der Waals surface area contributed by atoms with Gasteiger partial charge in [0.25, 0.3) is 0 Å². The number of esters is 1. The van der Waals surface area contributed by atoms with Gasteiger partial charge in [0.2, 0.25) is 0 Å². The van der Waals surface area contributed by atoms with Crippen LogP contribution in [0, 0.1) is 10.8 Å². The normalized spacial score (nSPS) is 44.9. The number of ether oxygens (including phenoxy) is 1. The third kappa shape index (κ3) is 1.90. The number of rotatable bonds is 1. The second-order valence-corrected chi connectivity index (χ2v) is 7.53. The Balaban J connectivity index is 1.95. The topological polar surface area (TPSA) is 61.8 Å². The molecule has 0 N–H and O–H groups in total. The van der Waals surface area contributed by atoms with Crippen LogP contribution in [0.25, 0.3) is 0 Å². The summed E-state index contributed by atoms with van der Waals surface area (Å²) in [7, 11) is 0. The molecule has 2 aliphatic carbocycles. The van der Waals surface area contributed by atoms with Crippen molar-refractivity contribution in [3.63, 3.8) is 0 Å². The highest BCUT2D eigenvalue weighted by molar-refractivity contribution is 5.89. The van der Waals surface area contributed by atoms with E-state index in [1.807, 2.05) is 6.92 Å². The lowest BCUT2D eigenvalue weighted by Gasteiger charge is -2.64. The van der Waals surface area contributed by atoms with Crippen molar-refractivity contribution in [3.05, 3.63) is 0 Å². The Labute approximate surface area is 125 Å². The van der Waals surface area contributed by atoms with Crippen LogP contribution in [0.4, 0.5) is 0 Å². The van der Waals surface area contributed by atoms with E-state index in [1.54, 1.807) is 0 Å². The molecule has 0 unspecified atom stereocenters. The molecule has 0 aromatic rings. The molecule has 1 spiro atoms. The lowest BCUT2D eigenvalue weighted by molar-refractivity contribution is -0.456. The minimum Gasteiger partial charge on any atom is -0.460 e. The molecular formula is C16H24O5. The molecule has 5 nitrogen and oxygen atoms in total. The highest BCUT2D eigenvalue weighted by Gasteiger charge is 2.69. The Bertz CT molecular complexity index is 485. The van der Waals surface area contributed by atoms with Gasteiger partial charge in [-0.15, -0.1) is 0 Å². The molecule has 1 heterocycles. The fourth-order valence-electron chi connectivity index (χ4n) is 4.74. The first-order chi connectivity index (χ1) is 9.72. The summed E-state index contributed by atoms with van der Waals surface area (Å²) in [6, 6.07) is 0. The van der Waals surface area contributed by atoms with E-state index in [4.69, 9.17) is 14.5 Å². The standard InChI is InChI=1S/C16H24O5/c1-10(17)19-11-5-8-16-9-12(11)20-21-15(16,4)13(18)6-7-14(16,2)3/h11-12H,5-9H2,1-4H3/t11-,12+,15+,16+/m1/s1. The van der Waals surface area contributed by atoms with Crippen LogP contribution in [0.1, 0.15) is 59.8 Å². The third-order valence-corrected chi connectivity index (χ3v) is 6.19. The van der Waals surface area contributed by atoms with E-state index in [0.717, 1.165) is 19.3 Å². The monoisotopic (exact) mass is 296 g/mol. The second kappa shape index (κ2) is 4.53. The van der Waals surface area contributed by atoms with Crippen molar-refractivity contribution in [1.82, 2.24) is 0 Å². The molecule has 1 saturated heterocycles. The largest absolute Gasteiger partial charge is 0.460 e. The first-order valence-electron chi connectivity index (χ1n) is 7.77. The molecule has 0 aromatic carbocycles. The van der Waals surface area contributed by atoms with Gasteiger partial charge >= 0.3 is 5.97 Å². The zero-order chi connectivity index (χ0) is 15.5. The Kier molecular flexibility index (Phi) is 3.23. The molecule has 21 heavy (non-hydrogen) atoms. The molecular weight excluding hydrogens is 272 g/mol. The van der Waals surface area contributed by atoms with Gasteiger partial charge in [-0.3, -0.25) is 9.59 Å². The summed E-state index contributed by atoms with van der Waals surface area (Å²) in [5.41, 5.74) is -1.12. The minimum absolute atomic E-state index is 0.00111. The van der Waals surface area contributed by atoms with Crippen LogP contribution < -0.4 is 0 Å². The van der Waals surface area contributed by atoms with Crippen LogP contribution >= 0.6 is 0 Å². The summed E-state index contributed by atoms with van der Waals surface area (Å²) < 4.78 is 5.35. The molecule has 3 rings (SSSR count). The number of Topliss-reactive ketones (excluding diaryl/α,β-unsaturated/α-hetero) is 1. The fraction of sp³-hybridized carbons (Fsp3) is 0.875. The number of hydrogen-bond acceptors (Lipinski definition) is 5. The molecule has 4 atom stereocenters. The van der Waals surface area contributed by atoms with E-state index >= 15 is 0 Å². The molecule has 0 radical (unpaired) electrons. The number of hydrogen-bond donors (Lipinski definition) is 0. The van der Waals surface area contributed by atoms with Crippen LogP contribution in [0.15, 0.2) is 0 Å². The molecule has 5 heteroatoms. The van der Waals surface area contributed by atoms with E-state index in [9.17, 15) is 9.59 Å². The van der Waals surface area contributed by atoms with Crippen molar-refractivity contribution in [1.29, 1.82) is 0 Å². The average Bonchev–Trinajstić information content (AvgIpc) is 2.41. The molecule has 3 fully saturated rings. The van der Waals surface area contributed by atoms with Gasteiger partial charge in [0.15, 0.2) is 11.4 Å². The molecule has 118 valence electrons. The van der Waals surface area contributed by atoms with Crippen LogP contribution in [0.2, 0.25) is 0 Å². The van der Waals surface area contributed by atoms with Gasteiger partial charge in [0.05, 0.1) is 0 Å². The Hall–Kier alpha value is -0.940. The molecule has 1 aliphatic heterocycles. The summed E-state index contributed by atoms with van der Waals surface area (Å²) in [5, 5.41) is 0. The minimum atomic E-state index is -0.882. The maximum absolute atomic E-state index is 12.5. The van der Waals surface area contributed by atoms with E-state index in [1.165, 1.54) is 6.92 Å². The van der Waals surface area contributed by atoms with Crippen LogP contribution in [0.3, 0.4) is 0 Å². The molecule has 0 amide bonds. The van der Waals surface area contributed by atoms with Gasteiger partial charge < -0.3 is 4.74 Å². The summed E-state index contributed by atoms with van der Waals surface area (Å²) in [6.45, 7) is 7.72. The second-order valence-electron chi connectivity index (χ2n) is 7.53. The van der Waals surface area contributed by atoms with Gasteiger partial charge in [-0.2, -0.15) is 0 Å². The van der Waals surface area contributed by atoms with Crippen LogP contribution in [-0.2, 0) is 24.1 Å². The predicted octanol–water partition coefficient (Wildman–Crippen LogP) is 2.57. The fourth-order valence-corrected chi connectivity index (χ4v) is 4.74. The zero-order valence-corrected chi connectivity index (χ0v) is 13.2. The summed E-state index contributed by atoms with van der Waals surface area (Å²) >= 11 is 0. The summed E-state index contributed by atoms with van der Waals surface area (Å²) in [6.07, 6.45) is 3.11. The van der Waals surface area contributed by atoms with E-state index in [0.29, 0.717) is 12.8 Å². The third-order valence-electron chi connectivity index (χ3n) is 6.19. The quantitative estimate of drug-likeness (QED) is 0.550. The Morgan fingerprint density at radius 2 is 2.00 bits per heavy atom. The number of carbonyl (C=O) groups is 2. The lowest BCUT2D eigenvalue weighted by Crippen LogP contribution is -2.70. The highest BCUT2D eigenvalue weighted by atomic mass is 17.2. The van der Waals surface area contributed by atoms with Crippen molar-refractivity contribution < 1.29 is 24.1 Å². The Morgan fingerprint density at radius 3 is 2.67 bits per heavy atom. The van der Waals surface area contributed by atoms with Gasteiger partial charge in [0.1, 0.15) is 12.2 Å². The zero-order valence-electron chi connectivity index (χ0n) is 13.2. The van der Waals surface area contributed by atoms with Crippen molar-refractivity contribution in [2.45, 2.75) is 77.6 Å². The maximum Gasteiger partial charge on any atom is 0.302 e. The van der Waals surface area contributed by atoms with Gasteiger partial charge in [-0.05, 0) is 38.0 Å².